The van der Waals surface area contributed by atoms with Crippen molar-refractivity contribution in [2.75, 3.05) is 13.2 Å². The lowest BCUT2D eigenvalue weighted by molar-refractivity contribution is -0.143. The lowest BCUT2D eigenvalue weighted by atomic mass is 10.2. The zero-order valence-corrected chi connectivity index (χ0v) is 9.98. The number of carbonyl (C=O) groups excluding carboxylic acids is 1. The predicted molar refractivity (Wildman–Crippen MR) is 62.5 cm³/mol. The van der Waals surface area contributed by atoms with E-state index in [0.717, 1.165) is 25.7 Å². The van der Waals surface area contributed by atoms with E-state index < -0.39 is 0 Å². The monoisotopic (exact) mass is 233 g/mol. The number of esters is 1. The molecule has 0 aromatic carbocycles. The zero-order valence-electron chi connectivity index (χ0n) is 9.16. The summed E-state index contributed by atoms with van der Waals surface area (Å²) in [6.45, 7) is 3.05. The molecule has 4 nitrogen and oxygen atoms in total. The Balaban J connectivity index is 3.20. The highest BCUT2D eigenvalue weighted by atomic mass is 32.1. The minimum absolute atomic E-state index is 0.0560. The minimum Gasteiger partial charge on any atom is -0.471 e. The second-order valence-corrected chi connectivity index (χ2v) is 3.60. The van der Waals surface area contributed by atoms with Crippen LogP contribution in [0.5, 0.6) is 0 Å². The van der Waals surface area contributed by atoms with Gasteiger partial charge in [-0.25, -0.2) is 0 Å². The molecule has 0 aliphatic rings. The van der Waals surface area contributed by atoms with Crippen LogP contribution in [0.3, 0.4) is 0 Å². The predicted octanol–water partition coefficient (Wildman–Crippen LogP) is 1.76. The Hall–Kier alpha value is -0.840. The SMILES string of the molecule is CCCCOC(=O)CCCCOC(N)=S. The summed E-state index contributed by atoms with van der Waals surface area (Å²) in [7, 11) is 0. The van der Waals surface area contributed by atoms with Crippen molar-refractivity contribution in [2.45, 2.75) is 39.0 Å². The van der Waals surface area contributed by atoms with Crippen molar-refractivity contribution >= 4 is 23.4 Å². The van der Waals surface area contributed by atoms with Crippen molar-refractivity contribution in [3.63, 3.8) is 0 Å². The van der Waals surface area contributed by atoms with Gasteiger partial charge in [0.1, 0.15) is 0 Å². The van der Waals surface area contributed by atoms with E-state index in [0.29, 0.717) is 19.6 Å². The van der Waals surface area contributed by atoms with Crippen molar-refractivity contribution in [1.82, 2.24) is 0 Å². The number of nitrogens with two attached hydrogens (primary N) is 1. The summed E-state index contributed by atoms with van der Waals surface area (Å²) in [6, 6.07) is 0. The molecular weight excluding hydrogens is 214 g/mol. The number of hydrogen-bond acceptors (Lipinski definition) is 4. The molecule has 0 amide bonds. The summed E-state index contributed by atoms with van der Waals surface area (Å²) in [5.74, 6) is -0.140. The van der Waals surface area contributed by atoms with Gasteiger partial charge in [0.2, 0.25) is 0 Å². The third-order valence-electron chi connectivity index (χ3n) is 1.78. The summed E-state index contributed by atoms with van der Waals surface area (Å²) in [6.07, 6.45) is 3.91. The molecule has 0 rings (SSSR count). The van der Waals surface area contributed by atoms with Crippen LogP contribution >= 0.6 is 12.2 Å². The molecule has 0 aliphatic heterocycles. The highest BCUT2D eigenvalue weighted by Crippen LogP contribution is 1.99. The smallest absolute Gasteiger partial charge is 0.305 e. The third kappa shape index (κ3) is 11.1. The van der Waals surface area contributed by atoms with Gasteiger partial charge in [-0.3, -0.25) is 4.79 Å². The van der Waals surface area contributed by atoms with Crippen LogP contribution in [0.25, 0.3) is 0 Å². The van der Waals surface area contributed by atoms with Gasteiger partial charge in [-0.2, -0.15) is 0 Å². The van der Waals surface area contributed by atoms with Gasteiger partial charge >= 0.3 is 5.97 Å². The molecule has 0 aromatic heterocycles. The molecule has 0 radical (unpaired) electrons. The fourth-order valence-electron chi connectivity index (χ4n) is 0.947. The lowest BCUT2D eigenvalue weighted by Gasteiger charge is -2.04. The molecule has 0 aromatic rings. The molecule has 0 saturated heterocycles. The van der Waals surface area contributed by atoms with Crippen molar-refractivity contribution in [3.05, 3.63) is 0 Å². The van der Waals surface area contributed by atoms with E-state index >= 15 is 0 Å². The molecule has 0 aliphatic carbocycles. The van der Waals surface area contributed by atoms with Crippen LogP contribution in [-0.4, -0.2) is 24.4 Å². The first kappa shape index (κ1) is 14.2. The van der Waals surface area contributed by atoms with E-state index in [2.05, 4.69) is 19.1 Å². The van der Waals surface area contributed by atoms with Gasteiger partial charge in [-0.05, 0) is 31.5 Å². The zero-order chi connectivity index (χ0) is 11.5. The summed E-state index contributed by atoms with van der Waals surface area (Å²) in [5, 5.41) is 0.0560. The van der Waals surface area contributed by atoms with Gasteiger partial charge in [0, 0.05) is 6.42 Å². The van der Waals surface area contributed by atoms with Crippen LogP contribution in [0.2, 0.25) is 0 Å². The van der Waals surface area contributed by atoms with E-state index in [1.807, 2.05) is 0 Å². The fraction of sp³-hybridized carbons (Fsp3) is 0.800. The van der Waals surface area contributed by atoms with E-state index in [9.17, 15) is 4.79 Å². The Morgan fingerprint density at radius 1 is 1.20 bits per heavy atom. The highest BCUT2D eigenvalue weighted by molar-refractivity contribution is 7.80. The van der Waals surface area contributed by atoms with Gasteiger partial charge in [0.15, 0.2) is 0 Å². The number of unbranched alkanes of at least 4 members (excludes halogenated alkanes) is 2. The molecule has 15 heavy (non-hydrogen) atoms. The van der Waals surface area contributed by atoms with Crippen LogP contribution in [0.15, 0.2) is 0 Å². The van der Waals surface area contributed by atoms with Crippen LogP contribution in [0.1, 0.15) is 39.0 Å². The van der Waals surface area contributed by atoms with E-state index in [-0.39, 0.29) is 11.1 Å². The number of carbonyl (C=O) groups is 1. The fourth-order valence-corrected chi connectivity index (χ4v) is 1.03. The average Bonchev–Trinajstić information content (AvgIpc) is 2.17. The molecule has 0 atom stereocenters. The van der Waals surface area contributed by atoms with Crippen LogP contribution in [0.4, 0.5) is 0 Å². The maximum atomic E-state index is 11.1. The Bertz CT molecular complexity index is 197. The molecule has 0 unspecified atom stereocenters. The summed E-state index contributed by atoms with van der Waals surface area (Å²) < 4.78 is 9.86. The number of hydrogen-bond donors (Lipinski definition) is 1. The topological polar surface area (TPSA) is 61.5 Å². The highest BCUT2D eigenvalue weighted by Gasteiger charge is 2.01. The van der Waals surface area contributed by atoms with Gasteiger partial charge in [0.05, 0.1) is 13.2 Å². The second kappa shape index (κ2) is 9.71. The maximum Gasteiger partial charge on any atom is 0.305 e. The van der Waals surface area contributed by atoms with Crippen molar-refractivity contribution < 1.29 is 14.3 Å². The van der Waals surface area contributed by atoms with Crippen LogP contribution < -0.4 is 5.73 Å². The number of rotatable bonds is 8. The van der Waals surface area contributed by atoms with E-state index in [4.69, 9.17) is 15.2 Å². The summed E-state index contributed by atoms with van der Waals surface area (Å²) in [4.78, 5) is 11.1. The normalized spacial score (nSPS) is 9.67. The Labute approximate surface area is 96.1 Å². The molecule has 0 spiro atoms. The molecule has 0 bridgehead atoms. The van der Waals surface area contributed by atoms with Crippen molar-refractivity contribution in [2.24, 2.45) is 5.73 Å². The first-order valence-electron chi connectivity index (χ1n) is 5.24. The third-order valence-corrected chi connectivity index (χ3v) is 1.90. The van der Waals surface area contributed by atoms with Gasteiger partial charge in [0.25, 0.3) is 5.17 Å². The Morgan fingerprint density at radius 2 is 1.87 bits per heavy atom. The number of ether oxygens (including phenoxy) is 2. The number of thiocarbonyl (C=S) groups is 1. The first-order valence-corrected chi connectivity index (χ1v) is 5.65. The average molecular weight is 233 g/mol. The second-order valence-electron chi connectivity index (χ2n) is 3.20. The van der Waals surface area contributed by atoms with Crippen LogP contribution in [-0.2, 0) is 14.3 Å². The molecular formula is C10H19NO3S. The van der Waals surface area contributed by atoms with Crippen molar-refractivity contribution in [3.8, 4) is 0 Å². The quantitative estimate of drug-likeness (QED) is 0.393. The summed E-state index contributed by atoms with van der Waals surface area (Å²) in [5.41, 5.74) is 5.13. The molecule has 0 fully saturated rings. The maximum absolute atomic E-state index is 11.1. The first-order chi connectivity index (χ1) is 7.16. The lowest BCUT2D eigenvalue weighted by Crippen LogP contribution is -2.13. The van der Waals surface area contributed by atoms with Crippen LogP contribution in [0, 0.1) is 0 Å². The van der Waals surface area contributed by atoms with E-state index in [1.54, 1.807) is 0 Å². The van der Waals surface area contributed by atoms with Gasteiger partial charge in [-0.1, -0.05) is 13.3 Å². The summed E-state index contributed by atoms with van der Waals surface area (Å²) >= 11 is 4.53. The Morgan fingerprint density at radius 3 is 2.47 bits per heavy atom. The van der Waals surface area contributed by atoms with Gasteiger partial charge in [-0.15, -0.1) is 0 Å². The van der Waals surface area contributed by atoms with Gasteiger partial charge < -0.3 is 15.2 Å². The Kier molecular flexibility index (Phi) is 9.16. The standard InChI is InChI=1S/C10H19NO3S/c1-2-3-7-13-9(12)6-4-5-8-14-10(11)15/h2-8H2,1H3,(H2,11,15). The van der Waals surface area contributed by atoms with E-state index in [1.165, 1.54) is 0 Å². The largest absolute Gasteiger partial charge is 0.471 e. The molecule has 2 N–H and O–H groups in total. The van der Waals surface area contributed by atoms with Crippen molar-refractivity contribution in [1.29, 1.82) is 0 Å². The molecule has 5 heteroatoms. The molecule has 0 heterocycles. The molecule has 88 valence electrons. The molecule has 0 saturated carbocycles. The minimum atomic E-state index is -0.140.